The van der Waals surface area contributed by atoms with E-state index >= 15 is 0 Å². The number of carbonyl (C=O) groups is 3. The monoisotopic (exact) mass is 349 g/mol. The van der Waals surface area contributed by atoms with Crippen LogP contribution in [0.15, 0.2) is 30.3 Å². The Bertz CT molecular complexity index is 679. The number of hydrogen-bond donors (Lipinski definition) is 4. The number of nitrogens with one attached hydrogen (secondary N) is 3. The Hall–Kier alpha value is -2.06. The topological polar surface area (TPSA) is 108 Å². The van der Waals surface area contributed by atoms with Crippen molar-refractivity contribution in [1.82, 2.24) is 16.0 Å². The molecule has 24 heavy (non-hydrogen) atoms. The first kappa shape index (κ1) is 16.8. The molecule has 0 aromatic heterocycles. The van der Waals surface area contributed by atoms with Gasteiger partial charge < -0.3 is 15.7 Å². The molecule has 128 valence electrons. The van der Waals surface area contributed by atoms with Crippen molar-refractivity contribution in [3.8, 4) is 0 Å². The van der Waals surface area contributed by atoms with E-state index in [1.54, 1.807) is 38.1 Å². The van der Waals surface area contributed by atoms with Crippen LogP contribution >= 0.6 is 11.8 Å². The molecule has 2 aliphatic rings. The van der Waals surface area contributed by atoms with Gasteiger partial charge in [0.1, 0.15) is 18.1 Å². The Morgan fingerprint density at radius 2 is 1.79 bits per heavy atom. The fourth-order valence-corrected chi connectivity index (χ4v) is 4.51. The van der Waals surface area contributed by atoms with Crippen LogP contribution in [0.4, 0.5) is 0 Å². The first-order chi connectivity index (χ1) is 11.3. The lowest BCUT2D eigenvalue weighted by molar-refractivity contribution is -0.140. The van der Waals surface area contributed by atoms with Crippen molar-refractivity contribution in [2.24, 2.45) is 0 Å². The SMILES string of the molecule is CC1(C)S[C@@H]([C@H]2NC(=O)[C@@H](c3ccccc3)NC2=O)N[C@H]1C(=O)O. The predicted molar refractivity (Wildman–Crippen MR) is 89.3 cm³/mol. The number of amides is 2. The highest BCUT2D eigenvalue weighted by Crippen LogP contribution is 2.39. The maximum Gasteiger partial charge on any atom is 0.322 e. The molecule has 1 aromatic carbocycles. The quantitative estimate of drug-likeness (QED) is 0.623. The van der Waals surface area contributed by atoms with Gasteiger partial charge in [0, 0.05) is 4.75 Å². The average molecular weight is 349 g/mol. The molecule has 2 aliphatic heterocycles. The van der Waals surface area contributed by atoms with Gasteiger partial charge in [-0.3, -0.25) is 19.7 Å². The summed E-state index contributed by atoms with van der Waals surface area (Å²) in [5.41, 5.74) is 0.706. The van der Waals surface area contributed by atoms with Crippen LogP contribution in [0.3, 0.4) is 0 Å². The zero-order valence-electron chi connectivity index (χ0n) is 13.3. The molecule has 4 N–H and O–H groups in total. The fourth-order valence-electron chi connectivity index (χ4n) is 3.02. The van der Waals surface area contributed by atoms with Gasteiger partial charge in [0.25, 0.3) is 0 Å². The molecule has 0 spiro atoms. The van der Waals surface area contributed by atoms with Crippen molar-refractivity contribution < 1.29 is 19.5 Å². The third-order valence-electron chi connectivity index (χ3n) is 4.27. The molecular weight excluding hydrogens is 330 g/mol. The molecule has 7 nitrogen and oxygen atoms in total. The average Bonchev–Trinajstić information content (AvgIpc) is 2.85. The van der Waals surface area contributed by atoms with E-state index in [1.807, 2.05) is 6.07 Å². The molecule has 2 saturated heterocycles. The van der Waals surface area contributed by atoms with Gasteiger partial charge in [0.2, 0.25) is 11.8 Å². The van der Waals surface area contributed by atoms with E-state index in [0.29, 0.717) is 5.56 Å². The number of carboxylic acids is 1. The molecule has 0 saturated carbocycles. The van der Waals surface area contributed by atoms with Crippen molar-refractivity contribution >= 4 is 29.5 Å². The van der Waals surface area contributed by atoms with E-state index in [9.17, 15) is 19.5 Å². The zero-order chi connectivity index (χ0) is 17.5. The second-order valence-electron chi connectivity index (χ2n) is 6.42. The van der Waals surface area contributed by atoms with Gasteiger partial charge >= 0.3 is 5.97 Å². The number of thioether (sulfide) groups is 1. The molecule has 2 heterocycles. The Labute approximate surface area is 143 Å². The van der Waals surface area contributed by atoms with Gasteiger partial charge in [-0.2, -0.15) is 0 Å². The van der Waals surface area contributed by atoms with E-state index in [4.69, 9.17) is 0 Å². The van der Waals surface area contributed by atoms with Crippen molar-refractivity contribution in [2.75, 3.05) is 0 Å². The Morgan fingerprint density at radius 1 is 1.12 bits per heavy atom. The van der Waals surface area contributed by atoms with E-state index in [2.05, 4.69) is 16.0 Å². The lowest BCUT2D eigenvalue weighted by Crippen LogP contribution is -2.63. The molecule has 1 aromatic rings. The highest BCUT2D eigenvalue weighted by Gasteiger charge is 2.50. The van der Waals surface area contributed by atoms with Gasteiger partial charge in [-0.05, 0) is 19.4 Å². The molecule has 4 atom stereocenters. The fraction of sp³-hybridized carbons (Fsp3) is 0.438. The second-order valence-corrected chi connectivity index (χ2v) is 8.21. The molecular formula is C16H19N3O4S. The highest BCUT2D eigenvalue weighted by atomic mass is 32.2. The second kappa shape index (κ2) is 6.10. The first-order valence-corrected chi connectivity index (χ1v) is 8.50. The minimum Gasteiger partial charge on any atom is -0.480 e. The van der Waals surface area contributed by atoms with Crippen LogP contribution in [-0.4, -0.2) is 45.1 Å². The summed E-state index contributed by atoms with van der Waals surface area (Å²) >= 11 is 1.35. The highest BCUT2D eigenvalue weighted by molar-refractivity contribution is 8.01. The van der Waals surface area contributed by atoms with Crippen LogP contribution in [0.2, 0.25) is 0 Å². The third kappa shape index (κ3) is 2.99. The maximum absolute atomic E-state index is 12.5. The molecule has 0 aliphatic carbocycles. The smallest absolute Gasteiger partial charge is 0.322 e. The summed E-state index contributed by atoms with van der Waals surface area (Å²) in [7, 11) is 0. The molecule has 2 fully saturated rings. The minimum atomic E-state index is -0.972. The Morgan fingerprint density at radius 3 is 2.38 bits per heavy atom. The summed E-state index contributed by atoms with van der Waals surface area (Å²) in [6.07, 6.45) is 0. The molecule has 3 rings (SSSR count). The summed E-state index contributed by atoms with van der Waals surface area (Å²) < 4.78 is -0.586. The lowest BCUT2D eigenvalue weighted by atomic mass is 10.0. The largest absolute Gasteiger partial charge is 0.480 e. The van der Waals surface area contributed by atoms with Gasteiger partial charge in [-0.1, -0.05) is 30.3 Å². The number of benzene rings is 1. The summed E-state index contributed by atoms with van der Waals surface area (Å²) in [6.45, 7) is 3.61. The molecule has 2 amide bonds. The molecule has 0 bridgehead atoms. The Balaban J connectivity index is 1.75. The maximum atomic E-state index is 12.5. The molecule has 8 heteroatoms. The summed E-state index contributed by atoms with van der Waals surface area (Å²) in [4.78, 5) is 36.2. The van der Waals surface area contributed by atoms with E-state index in [0.717, 1.165) is 0 Å². The first-order valence-electron chi connectivity index (χ1n) is 7.62. The van der Waals surface area contributed by atoms with E-state index in [-0.39, 0.29) is 11.8 Å². The number of carboxylic acid groups (broad SMARTS) is 1. The van der Waals surface area contributed by atoms with Crippen LogP contribution in [0.25, 0.3) is 0 Å². The van der Waals surface area contributed by atoms with Crippen molar-refractivity contribution in [3.05, 3.63) is 35.9 Å². The number of hydrogen-bond acceptors (Lipinski definition) is 5. The number of rotatable bonds is 3. The number of aliphatic carboxylic acids is 1. The van der Waals surface area contributed by atoms with E-state index < -0.39 is 34.2 Å². The van der Waals surface area contributed by atoms with Crippen LogP contribution in [0.1, 0.15) is 25.5 Å². The molecule has 0 unspecified atom stereocenters. The normalized spacial score (nSPS) is 32.1. The summed E-state index contributed by atoms with van der Waals surface area (Å²) in [5, 5.41) is 17.2. The Kier molecular flexibility index (Phi) is 4.27. The van der Waals surface area contributed by atoms with Crippen LogP contribution in [0, 0.1) is 0 Å². The summed E-state index contributed by atoms with van der Waals surface area (Å²) in [6, 6.07) is 6.65. The molecule has 0 radical (unpaired) electrons. The lowest BCUT2D eigenvalue weighted by Gasteiger charge is -2.32. The number of piperazine rings is 1. The van der Waals surface area contributed by atoms with Crippen molar-refractivity contribution in [1.29, 1.82) is 0 Å². The zero-order valence-corrected chi connectivity index (χ0v) is 14.1. The summed E-state index contributed by atoms with van der Waals surface area (Å²) in [5.74, 6) is -1.60. The number of carbonyl (C=O) groups excluding carboxylic acids is 2. The van der Waals surface area contributed by atoms with Gasteiger partial charge in [-0.25, -0.2) is 0 Å². The van der Waals surface area contributed by atoms with Crippen LogP contribution in [-0.2, 0) is 14.4 Å². The predicted octanol–water partition coefficient (Wildman–Crippen LogP) is 0.237. The van der Waals surface area contributed by atoms with Gasteiger partial charge in [-0.15, -0.1) is 11.8 Å². The van der Waals surface area contributed by atoms with Crippen molar-refractivity contribution in [2.45, 2.75) is 42.1 Å². The van der Waals surface area contributed by atoms with Crippen LogP contribution < -0.4 is 16.0 Å². The van der Waals surface area contributed by atoms with Gasteiger partial charge in [0.05, 0.1) is 5.37 Å². The third-order valence-corrected chi connectivity index (χ3v) is 5.77. The van der Waals surface area contributed by atoms with E-state index in [1.165, 1.54) is 11.8 Å². The van der Waals surface area contributed by atoms with Crippen LogP contribution in [0.5, 0.6) is 0 Å². The van der Waals surface area contributed by atoms with Crippen molar-refractivity contribution in [3.63, 3.8) is 0 Å². The van der Waals surface area contributed by atoms with Gasteiger partial charge in [0.15, 0.2) is 0 Å². The standard InChI is InChI=1S/C16H19N3O4S/c1-16(2)11(15(22)23)19-14(24-16)10-13(21)17-9(12(20)18-10)8-6-4-3-5-7-8/h3-7,9-11,14,19H,1-2H3,(H,17,21)(H,18,20)(H,22,23)/t9-,10+,11+,14+/m1/s1. The minimum absolute atomic E-state index is 0.301.